The molecule has 1 aromatic heterocycles. The largest absolute Gasteiger partial charge is 0.454 e. The van der Waals surface area contributed by atoms with E-state index in [9.17, 15) is 4.79 Å². The second kappa shape index (κ2) is 5.66. The Bertz CT molecular complexity index is 673. The van der Waals surface area contributed by atoms with Gasteiger partial charge in [-0.3, -0.25) is 10.1 Å². The van der Waals surface area contributed by atoms with Crippen molar-refractivity contribution in [1.82, 2.24) is 10.2 Å². The maximum atomic E-state index is 12.2. The van der Waals surface area contributed by atoms with Crippen LogP contribution in [0.4, 0.5) is 5.13 Å². The number of carbonyl (C=O) groups is 1. The Morgan fingerprint density at radius 3 is 3.00 bits per heavy atom. The van der Waals surface area contributed by atoms with Crippen LogP contribution in [0.15, 0.2) is 18.2 Å². The van der Waals surface area contributed by atoms with Gasteiger partial charge in [0.25, 0.3) is 5.91 Å². The number of ether oxygens (including phenoxy) is 3. The Morgan fingerprint density at radius 2 is 2.19 bits per heavy atom. The van der Waals surface area contributed by atoms with Gasteiger partial charge in [-0.15, -0.1) is 10.2 Å². The molecule has 1 aliphatic rings. The summed E-state index contributed by atoms with van der Waals surface area (Å²) in [5, 5.41) is 11.7. The standard InChI is InChI=1S/C13H13N3O4S/c1-7(18-2)12-15-16-13(21-12)14-11(17)8-3-4-9-10(5-8)20-6-19-9/h3-5,7H,6H2,1-2H3,(H,14,16,17). The van der Waals surface area contributed by atoms with Gasteiger partial charge in [0.1, 0.15) is 11.1 Å². The smallest absolute Gasteiger partial charge is 0.257 e. The predicted molar refractivity (Wildman–Crippen MR) is 75.9 cm³/mol. The molecule has 3 rings (SSSR count). The Kier molecular flexibility index (Phi) is 3.72. The molecule has 0 aliphatic carbocycles. The van der Waals surface area contributed by atoms with Gasteiger partial charge in [0, 0.05) is 12.7 Å². The topological polar surface area (TPSA) is 82.6 Å². The molecule has 0 bridgehead atoms. The van der Waals surface area contributed by atoms with Crippen molar-refractivity contribution in [3.63, 3.8) is 0 Å². The third kappa shape index (κ3) is 2.81. The number of nitrogens with one attached hydrogen (secondary N) is 1. The van der Waals surface area contributed by atoms with Gasteiger partial charge in [-0.1, -0.05) is 11.3 Å². The summed E-state index contributed by atoms with van der Waals surface area (Å²) >= 11 is 1.28. The fraction of sp³-hybridized carbons (Fsp3) is 0.308. The maximum Gasteiger partial charge on any atom is 0.257 e. The first-order valence-corrected chi connectivity index (χ1v) is 7.06. The summed E-state index contributed by atoms with van der Waals surface area (Å²) in [5.41, 5.74) is 0.468. The van der Waals surface area contributed by atoms with Crippen LogP contribution in [0.1, 0.15) is 28.4 Å². The average Bonchev–Trinajstić information content (AvgIpc) is 3.14. The van der Waals surface area contributed by atoms with E-state index in [0.29, 0.717) is 27.2 Å². The molecule has 1 N–H and O–H groups in total. The van der Waals surface area contributed by atoms with Crippen LogP contribution >= 0.6 is 11.3 Å². The van der Waals surface area contributed by atoms with Crippen molar-refractivity contribution in [3.8, 4) is 11.5 Å². The molecule has 8 heteroatoms. The van der Waals surface area contributed by atoms with E-state index >= 15 is 0 Å². The number of benzene rings is 1. The van der Waals surface area contributed by atoms with Gasteiger partial charge < -0.3 is 14.2 Å². The average molecular weight is 307 g/mol. The molecular formula is C13H13N3O4S. The molecule has 21 heavy (non-hydrogen) atoms. The summed E-state index contributed by atoms with van der Waals surface area (Å²) in [6.07, 6.45) is -0.154. The minimum absolute atomic E-state index is 0.154. The number of methoxy groups -OCH3 is 1. The van der Waals surface area contributed by atoms with Crippen LogP contribution < -0.4 is 14.8 Å². The summed E-state index contributed by atoms with van der Waals surface area (Å²) < 4.78 is 15.6. The molecule has 1 aliphatic heterocycles. The number of amides is 1. The van der Waals surface area contributed by atoms with Crippen molar-refractivity contribution in [2.45, 2.75) is 13.0 Å². The van der Waals surface area contributed by atoms with E-state index in [1.807, 2.05) is 6.92 Å². The van der Waals surface area contributed by atoms with E-state index in [1.54, 1.807) is 25.3 Å². The summed E-state index contributed by atoms with van der Waals surface area (Å²) in [6, 6.07) is 5.01. The molecule has 2 aromatic rings. The van der Waals surface area contributed by atoms with Gasteiger partial charge in [0.2, 0.25) is 11.9 Å². The number of fused-ring (bicyclic) bond motifs is 1. The van der Waals surface area contributed by atoms with Crippen LogP contribution in [-0.2, 0) is 4.74 Å². The molecule has 0 saturated carbocycles. The van der Waals surface area contributed by atoms with Crippen LogP contribution in [0.3, 0.4) is 0 Å². The highest BCUT2D eigenvalue weighted by atomic mass is 32.1. The minimum Gasteiger partial charge on any atom is -0.454 e. The van der Waals surface area contributed by atoms with E-state index in [-0.39, 0.29) is 18.8 Å². The molecule has 1 atom stereocenters. The zero-order chi connectivity index (χ0) is 14.8. The summed E-state index contributed by atoms with van der Waals surface area (Å²) in [4.78, 5) is 12.2. The third-order valence-electron chi connectivity index (χ3n) is 3.00. The van der Waals surface area contributed by atoms with Crippen LogP contribution in [0.5, 0.6) is 11.5 Å². The normalized spacial score (nSPS) is 14.0. The predicted octanol–water partition coefficient (Wildman–Crippen LogP) is 2.23. The van der Waals surface area contributed by atoms with Gasteiger partial charge in [-0.25, -0.2) is 0 Å². The number of rotatable bonds is 4. The molecule has 0 saturated heterocycles. The summed E-state index contributed by atoms with van der Waals surface area (Å²) in [7, 11) is 1.59. The van der Waals surface area contributed by atoms with Crippen LogP contribution in [0, 0.1) is 0 Å². The number of aromatic nitrogens is 2. The Balaban J connectivity index is 1.73. The van der Waals surface area contributed by atoms with Crippen molar-refractivity contribution in [2.75, 3.05) is 19.2 Å². The Morgan fingerprint density at radius 1 is 1.38 bits per heavy atom. The van der Waals surface area contributed by atoms with E-state index in [4.69, 9.17) is 14.2 Å². The molecule has 1 unspecified atom stereocenters. The van der Waals surface area contributed by atoms with Crippen molar-refractivity contribution in [1.29, 1.82) is 0 Å². The number of nitrogens with zero attached hydrogens (tertiary/aromatic N) is 2. The van der Waals surface area contributed by atoms with E-state index in [0.717, 1.165) is 0 Å². The van der Waals surface area contributed by atoms with Gasteiger partial charge in [-0.05, 0) is 25.1 Å². The number of hydrogen-bond donors (Lipinski definition) is 1. The molecule has 0 spiro atoms. The van der Waals surface area contributed by atoms with E-state index in [2.05, 4.69) is 15.5 Å². The first-order valence-electron chi connectivity index (χ1n) is 6.24. The van der Waals surface area contributed by atoms with Crippen LogP contribution in [0.2, 0.25) is 0 Å². The first-order chi connectivity index (χ1) is 10.2. The second-order valence-corrected chi connectivity index (χ2v) is 5.35. The quantitative estimate of drug-likeness (QED) is 0.932. The molecule has 1 aromatic carbocycles. The van der Waals surface area contributed by atoms with Crippen molar-refractivity contribution in [3.05, 3.63) is 28.8 Å². The van der Waals surface area contributed by atoms with E-state index < -0.39 is 0 Å². The fourth-order valence-electron chi connectivity index (χ4n) is 1.76. The highest BCUT2D eigenvalue weighted by molar-refractivity contribution is 7.15. The number of anilines is 1. The van der Waals surface area contributed by atoms with Crippen molar-refractivity contribution in [2.24, 2.45) is 0 Å². The number of carbonyl (C=O) groups excluding carboxylic acids is 1. The molecule has 1 amide bonds. The maximum absolute atomic E-state index is 12.2. The fourth-order valence-corrected chi connectivity index (χ4v) is 2.52. The Labute approximate surface area is 124 Å². The zero-order valence-electron chi connectivity index (χ0n) is 11.5. The third-order valence-corrected chi connectivity index (χ3v) is 4.00. The summed E-state index contributed by atoms with van der Waals surface area (Å²) in [6.45, 7) is 2.04. The lowest BCUT2D eigenvalue weighted by Gasteiger charge is -2.03. The zero-order valence-corrected chi connectivity index (χ0v) is 12.3. The van der Waals surface area contributed by atoms with Crippen molar-refractivity contribution >= 4 is 22.4 Å². The molecular weight excluding hydrogens is 294 g/mol. The summed E-state index contributed by atoms with van der Waals surface area (Å²) in [5.74, 6) is 0.924. The lowest BCUT2D eigenvalue weighted by molar-refractivity contribution is 0.102. The monoisotopic (exact) mass is 307 g/mol. The molecule has 0 fully saturated rings. The highest BCUT2D eigenvalue weighted by Gasteiger charge is 2.18. The SMILES string of the molecule is COC(C)c1nnc(NC(=O)c2ccc3c(c2)OCO3)s1. The minimum atomic E-state index is -0.277. The van der Waals surface area contributed by atoms with Crippen LogP contribution in [0.25, 0.3) is 0 Å². The van der Waals surface area contributed by atoms with Gasteiger partial charge >= 0.3 is 0 Å². The first kappa shape index (κ1) is 13.8. The highest BCUT2D eigenvalue weighted by Crippen LogP contribution is 2.32. The molecule has 7 nitrogen and oxygen atoms in total. The Hall–Kier alpha value is -2.19. The van der Waals surface area contributed by atoms with Gasteiger partial charge in [0.15, 0.2) is 11.5 Å². The van der Waals surface area contributed by atoms with E-state index in [1.165, 1.54) is 11.3 Å². The lowest BCUT2D eigenvalue weighted by atomic mass is 10.2. The second-order valence-electron chi connectivity index (χ2n) is 4.35. The van der Waals surface area contributed by atoms with Gasteiger partial charge in [-0.2, -0.15) is 0 Å². The molecule has 110 valence electrons. The van der Waals surface area contributed by atoms with Gasteiger partial charge in [0.05, 0.1) is 0 Å². The number of hydrogen-bond acceptors (Lipinski definition) is 7. The van der Waals surface area contributed by atoms with Crippen molar-refractivity contribution < 1.29 is 19.0 Å². The molecule has 2 heterocycles. The lowest BCUT2D eigenvalue weighted by Crippen LogP contribution is -2.11. The van der Waals surface area contributed by atoms with Crippen LogP contribution in [-0.4, -0.2) is 30.0 Å². The molecule has 0 radical (unpaired) electrons.